The number of carbonyl (C=O) groups excluding carboxylic acids is 2. The Hall–Kier alpha value is -2.08. The third-order valence-corrected chi connectivity index (χ3v) is 3.28. The van der Waals surface area contributed by atoms with E-state index in [2.05, 4.69) is 10.6 Å². The van der Waals surface area contributed by atoms with E-state index >= 15 is 0 Å². The molecule has 1 fully saturated rings. The van der Waals surface area contributed by atoms with Gasteiger partial charge in [0.15, 0.2) is 0 Å². The van der Waals surface area contributed by atoms with Crippen molar-refractivity contribution in [1.29, 1.82) is 0 Å². The number of amides is 2. The van der Waals surface area contributed by atoms with Crippen LogP contribution in [0, 0.1) is 0 Å². The Kier molecular flexibility index (Phi) is 4.57. The normalized spacial score (nSPS) is 18.8. The second-order valence-corrected chi connectivity index (χ2v) is 5.06. The molecule has 1 aliphatic rings. The van der Waals surface area contributed by atoms with Crippen LogP contribution in [0.1, 0.15) is 13.3 Å². The predicted octanol–water partition coefficient (Wildman–Crippen LogP) is 0.418. The van der Waals surface area contributed by atoms with Gasteiger partial charge < -0.3 is 16.4 Å². The molecule has 2 amide bonds. The average Bonchev–Trinajstić information content (AvgIpc) is 2.78. The van der Waals surface area contributed by atoms with Crippen molar-refractivity contribution in [3.63, 3.8) is 0 Å². The molecule has 1 unspecified atom stereocenters. The van der Waals surface area contributed by atoms with Crippen LogP contribution < -0.4 is 16.4 Å². The first-order valence-corrected chi connectivity index (χ1v) is 6.68. The molecule has 2 rings (SSSR count). The SMILES string of the molecule is CC(=O)NC1CCN(CC(=O)Nc2ccccc2N)C1. The van der Waals surface area contributed by atoms with Gasteiger partial charge in [-0.25, -0.2) is 0 Å². The number of likely N-dealkylation sites (tertiary alicyclic amines) is 1. The lowest BCUT2D eigenvalue weighted by Gasteiger charge is -2.16. The van der Waals surface area contributed by atoms with Crippen molar-refractivity contribution in [3.05, 3.63) is 24.3 Å². The number of nitrogens with zero attached hydrogens (tertiary/aromatic N) is 1. The van der Waals surface area contributed by atoms with E-state index in [0.29, 0.717) is 24.5 Å². The maximum Gasteiger partial charge on any atom is 0.238 e. The van der Waals surface area contributed by atoms with E-state index in [-0.39, 0.29) is 17.9 Å². The minimum Gasteiger partial charge on any atom is -0.397 e. The number of anilines is 2. The van der Waals surface area contributed by atoms with Crippen molar-refractivity contribution in [1.82, 2.24) is 10.2 Å². The van der Waals surface area contributed by atoms with Crippen LogP contribution in [0.2, 0.25) is 0 Å². The standard InChI is InChI=1S/C14H20N4O2/c1-10(19)16-11-6-7-18(8-11)9-14(20)17-13-5-3-2-4-12(13)15/h2-5,11H,6-9,15H2,1H3,(H,16,19)(H,17,20). The fourth-order valence-corrected chi connectivity index (χ4v) is 2.39. The van der Waals surface area contributed by atoms with Gasteiger partial charge in [0.2, 0.25) is 11.8 Å². The van der Waals surface area contributed by atoms with Crippen molar-refractivity contribution >= 4 is 23.2 Å². The van der Waals surface area contributed by atoms with Crippen LogP contribution >= 0.6 is 0 Å². The molecule has 0 spiro atoms. The van der Waals surface area contributed by atoms with Gasteiger partial charge in [-0.1, -0.05) is 12.1 Å². The molecular weight excluding hydrogens is 256 g/mol. The summed E-state index contributed by atoms with van der Waals surface area (Å²) in [6.07, 6.45) is 0.875. The van der Waals surface area contributed by atoms with E-state index in [1.807, 2.05) is 17.0 Å². The number of nitrogens with two attached hydrogens (primary N) is 1. The van der Waals surface area contributed by atoms with E-state index in [1.165, 1.54) is 6.92 Å². The molecule has 4 N–H and O–H groups in total. The molecule has 1 aromatic carbocycles. The molecule has 0 aromatic heterocycles. The fourth-order valence-electron chi connectivity index (χ4n) is 2.39. The quantitative estimate of drug-likeness (QED) is 0.695. The van der Waals surface area contributed by atoms with Crippen LogP contribution in [-0.4, -0.2) is 42.4 Å². The first kappa shape index (κ1) is 14.3. The number of carbonyl (C=O) groups is 2. The Bertz CT molecular complexity index is 504. The summed E-state index contributed by atoms with van der Waals surface area (Å²) in [5, 5.41) is 5.67. The lowest BCUT2D eigenvalue weighted by atomic mass is 10.2. The number of nitrogen functional groups attached to an aromatic ring is 1. The molecule has 1 saturated heterocycles. The highest BCUT2D eigenvalue weighted by Crippen LogP contribution is 2.17. The average molecular weight is 276 g/mol. The number of rotatable bonds is 4. The first-order chi connectivity index (χ1) is 9.54. The topological polar surface area (TPSA) is 87.5 Å². The molecule has 0 radical (unpaired) electrons. The zero-order valence-corrected chi connectivity index (χ0v) is 11.6. The van der Waals surface area contributed by atoms with Gasteiger partial charge in [0, 0.05) is 26.1 Å². The van der Waals surface area contributed by atoms with E-state index in [9.17, 15) is 9.59 Å². The Morgan fingerprint density at radius 3 is 2.85 bits per heavy atom. The largest absolute Gasteiger partial charge is 0.397 e. The van der Waals surface area contributed by atoms with Crippen molar-refractivity contribution in [3.8, 4) is 0 Å². The molecule has 1 atom stereocenters. The molecule has 1 heterocycles. The molecule has 0 bridgehead atoms. The summed E-state index contributed by atoms with van der Waals surface area (Å²) in [4.78, 5) is 25.0. The van der Waals surface area contributed by atoms with Crippen LogP contribution in [0.5, 0.6) is 0 Å². The number of benzene rings is 1. The lowest BCUT2D eigenvalue weighted by molar-refractivity contribution is -0.119. The third-order valence-electron chi connectivity index (χ3n) is 3.28. The van der Waals surface area contributed by atoms with Gasteiger partial charge in [-0.05, 0) is 18.6 Å². The smallest absolute Gasteiger partial charge is 0.238 e. The third kappa shape index (κ3) is 3.96. The van der Waals surface area contributed by atoms with Crippen molar-refractivity contribution in [2.24, 2.45) is 0 Å². The zero-order chi connectivity index (χ0) is 14.5. The molecule has 20 heavy (non-hydrogen) atoms. The molecule has 1 aromatic rings. The second-order valence-electron chi connectivity index (χ2n) is 5.06. The van der Waals surface area contributed by atoms with Gasteiger partial charge in [-0.15, -0.1) is 0 Å². The number of hydrogen-bond acceptors (Lipinski definition) is 4. The highest BCUT2D eigenvalue weighted by atomic mass is 16.2. The minimum absolute atomic E-state index is 0.0293. The maximum atomic E-state index is 12.0. The van der Waals surface area contributed by atoms with E-state index in [1.54, 1.807) is 12.1 Å². The highest BCUT2D eigenvalue weighted by Gasteiger charge is 2.24. The van der Waals surface area contributed by atoms with Gasteiger partial charge in [0.05, 0.1) is 17.9 Å². The minimum atomic E-state index is -0.0913. The molecule has 6 heteroatoms. The first-order valence-electron chi connectivity index (χ1n) is 6.68. The molecular formula is C14H20N4O2. The summed E-state index contributed by atoms with van der Waals surface area (Å²) in [5.74, 6) is -0.121. The fraction of sp³-hybridized carbons (Fsp3) is 0.429. The Morgan fingerprint density at radius 2 is 2.15 bits per heavy atom. The Labute approximate surface area is 118 Å². The van der Waals surface area contributed by atoms with Crippen molar-refractivity contribution in [2.75, 3.05) is 30.7 Å². The van der Waals surface area contributed by atoms with Gasteiger partial charge in [-0.3, -0.25) is 14.5 Å². The summed E-state index contributed by atoms with van der Waals surface area (Å²) in [6.45, 7) is 3.33. The number of hydrogen-bond donors (Lipinski definition) is 3. The maximum absolute atomic E-state index is 12.0. The summed E-state index contributed by atoms with van der Waals surface area (Å²) >= 11 is 0. The van der Waals surface area contributed by atoms with E-state index in [0.717, 1.165) is 13.0 Å². The van der Waals surface area contributed by atoms with Gasteiger partial charge in [0.25, 0.3) is 0 Å². The Balaban J connectivity index is 1.81. The monoisotopic (exact) mass is 276 g/mol. The summed E-state index contributed by atoms with van der Waals surface area (Å²) in [6, 6.07) is 7.32. The lowest BCUT2D eigenvalue weighted by Crippen LogP contribution is -2.37. The van der Waals surface area contributed by atoms with Crippen LogP contribution in [0.15, 0.2) is 24.3 Å². The number of nitrogens with one attached hydrogen (secondary N) is 2. The molecule has 0 saturated carbocycles. The zero-order valence-electron chi connectivity index (χ0n) is 11.6. The Morgan fingerprint density at radius 1 is 1.40 bits per heavy atom. The summed E-state index contributed by atoms with van der Waals surface area (Å²) in [5.41, 5.74) is 6.97. The van der Waals surface area contributed by atoms with E-state index in [4.69, 9.17) is 5.73 Å². The molecule has 0 aliphatic carbocycles. The van der Waals surface area contributed by atoms with Gasteiger partial charge >= 0.3 is 0 Å². The second kappa shape index (κ2) is 6.38. The van der Waals surface area contributed by atoms with Gasteiger partial charge in [0.1, 0.15) is 0 Å². The van der Waals surface area contributed by atoms with Crippen LogP contribution in [0.3, 0.4) is 0 Å². The molecule has 1 aliphatic heterocycles. The predicted molar refractivity (Wildman–Crippen MR) is 78.1 cm³/mol. The van der Waals surface area contributed by atoms with Crippen molar-refractivity contribution in [2.45, 2.75) is 19.4 Å². The highest BCUT2D eigenvalue weighted by molar-refractivity contribution is 5.95. The summed E-state index contributed by atoms with van der Waals surface area (Å²) in [7, 11) is 0. The molecule has 108 valence electrons. The van der Waals surface area contributed by atoms with E-state index < -0.39 is 0 Å². The van der Waals surface area contributed by atoms with Crippen LogP contribution in [0.25, 0.3) is 0 Å². The van der Waals surface area contributed by atoms with Crippen LogP contribution in [-0.2, 0) is 9.59 Å². The molecule has 6 nitrogen and oxygen atoms in total. The van der Waals surface area contributed by atoms with Crippen molar-refractivity contribution < 1.29 is 9.59 Å². The summed E-state index contributed by atoms with van der Waals surface area (Å²) < 4.78 is 0. The van der Waals surface area contributed by atoms with Gasteiger partial charge in [-0.2, -0.15) is 0 Å². The number of para-hydroxylation sites is 2. The van der Waals surface area contributed by atoms with Crippen LogP contribution in [0.4, 0.5) is 11.4 Å².